The van der Waals surface area contributed by atoms with Crippen molar-refractivity contribution in [3.8, 4) is 0 Å². The molecule has 0 spiro atoms. The molecule has 7 heteroatoms. The molecule has 0 saturated carbocycles. The number of aromatic nitrogens is 2. The minimum absolute atomic E-state index is 0.0730. The summed E-state index contributed by atoms with van der Waals surface area (Å²) in [5, 5.41) is 22.0. The van der Waals surface area contributed by atoms with Crippen LogP contribution >= 0.6 is 11.3 Å². The summed E-state index contributed by atoms with van der Waals surface area (Å²) in [7, 11) is 0. The van der Waals surface area contributed by atoms with Gasteiger partial charge in [-0.2, -0.15) is 0 Å². The van der Waals surface area contributed by atoms with Gasteiger partial charge in [-0.25, -0.2) is 4.79 Å². The number of hydrogen-bond acceptors (Lipinski definition) is 5. The topological polar surface area (TPSA) is 78.4 Å². The zero-order valence-electron chi connectivity index (χ0n) is 13.7. The van der Waals surface area contributed by atoms with E-state index in [-0.39, 0.29) is 18.1 Å². The highest BCUT2D eigenvalue weighted by Gasteiger charge is 2.37. The fourth-order valence-electron chi connectivity index (χ4n) is 3.26. The molecule has 2 heterocycles. The molecular formula is C17H22N4O2S. The number of nitrogens with zero attached hydrogens (tertiary/aromatic N) is 3. The summed E-state index contributed by atoms with van der Waals surface area (Å²) in [6.45, 7) is 3.16. The Morgan fingerprint density at radius 1 is 1.38 bits per heavy atom. The molecule has 0 bridgehead atoms. The maximum absolute atomic E-state index is 12.5. The van der Waals surface area contributed by atoms with Crippen LogP contribution in [0.25, 0.3) is 0 Å². The average Bonchev–Trinajstić information content (AvgIpc) is 3.01. The smallest absolute Gasteiger partial charge is 0.323 e. The Morgan fingerprint density at radius 2 is 2.17 bits per heavy atom. The van der Waals surface area contributed by atoms with Crippen molar-refractivity contribution in [3.63, 3.8) is 0 Å². The van der Waals surface area contributed by atoms with Crippen LogP contribution in [0.15, 0.2) is 30.3 Å². The fraction of sp³-hybridized carbons (Fsp3) is 0.471. The zero-order valence-corrected chi connectivity index (χ0v) is 14.6. The van der Waals surface area contributed by atoms with E-state index in [4.69, 9.17) is 0 Å². The molecule has 1 fully saturated rings. The number of carbonyl (C=O) groups excluding carboxylic acids is 1. The first-order chi connectivity index (χ1) is 11.6. The van der Waals surface area contributed by atoms with E-state index >= 15 is 0 Å². The first kappa shape index (κ1) is 16.9. The molecule has 0 aliphatic carbocycles. The van der Waals surface area contributed by atoms with Gasteiger partial charge < -0.3 is 10.0 Å². The number of rotatable bonds is 4. The van der Waals surface area contributed by atoms with Crippen LogP contribution in [0.1, 0.15) is 23.4 Å². The van der Waals surface area contributed by atoms with Gasteiger partial charge in [-0.1, -0.05) is 41.7 Å². The molecule has 1 aliphatic rings. The lowest BCUT2D eigenvalue weighted by molar-refractivity contribution is 0.0500. The Hall–Kier alpha value is -1.99. The lowest BCUT2D eigenvalue weighted by Crippen LogP contribution is -2.50. The van der Waals surface area contributed by atoms with Gasteiger partial charge in [0.15, 0.2) is 0 Å². The van der Waals surface area contributed by atoms with Gasteiger partial charge in [0.05, 0.1) is 6.61 Å². The van der Waals surface area contributed by atoms with Crippen LogP contribution in [0.4, 0.5) is 9.93 Å². The maximum atomic E-state index is 12.5. The molecule has 2 N–H and O–H groups in total. The molecule has 6 nitrogen and oxygen atoms in total. The van der Waals surface area contributed by atoms with Gasteiger partial charge in [0, 0.05) is 18.5 Å². The second-order valence-electron chi connectivity index (χ2n) is 6.40. The SMILES string of the molecule is Cc1nnc(NC(=O)N2CCCC(CO)(Cc3ccccc3)C2)s1. The van der Waals surface area contributed by atoms with E-state index in [0.717, 1.165) is 24.3 Å². The van der Waals surface area contributed by atoms with Gasteiger partial charge >= 0.3 is 6.03 Å². The number of anilines is 1. The molecule has 1 unspecified atom stereocenters. The van der Waals surface area contributed by atoms with Crippen LogP contribution in [0, 0.1) is 12.3 Å². The number of piperidine rings is 1. The molecule has 1 saturated heterocycles. The number of nitrogens with one attached hydrogen (secondary N) is 1. The third-order valence-corrected chi connectivity index (χ3v) is 5.20. The van der Waals surface area contributed by atoms with Crippen LogP contribution in [0.5, 0.6) is 0 Å². The first-order valence-corrected chi connectivity index (χ1v) is 8.93. The van der Waals surface area contributed by atoms with E-state index in [0.29, 0.717) is 18.2 Å². The Bertz CT molecular complexity index is 691. The summed E-state index contributed by atoms with van der Waals surface area (Å²) in [5.41, 5.74) is 0.905. The largest absolute Gasteiger partial charge is 0.396 e. The van der Waals surface area contributed by atoms with Crippen molar-refractivity contribution in [1.82, 2.24) is 15.1 Å². The number of carbonyl (C=O) groups is 1. The summed E-state index contributed by atoms with van der Waals surface area (Å²) in [4.78, 5) is 14.3. The van der Waals surface area contributed by atoms with Crippen LogP contribution in [-0.4, -0.2) is 45.9 Å². The number of aliphatic hydroxyl groups is 1. The predicted octanol–water partition coefficient (Wildman–Crippen LogP) is 2.70. The molecule has 2 aromatic rings. The highest BCUT2D eigenvalue weighted by Crippen LogP contribution is 2.33. The van der Waals surface area contributed by atoms with Crippen LogP contribution in [0.2, 0.25) is 0 Å². The van der Waals surface area contributed by atoms with E-state index in [9.17, 15) is 9.90 Å². The molecule has 1 aromatic heterocycles. The van der Waals surface area contributed by atoms with E-state index in [1.54, 1.807) is 4.90 Å². The number of urea groups is 1. The van der Waals surface area contributed by atoms with Crippen molar-refractivity contribution in [1.29, 1.82) is 0 Å². The van der Waals surface area contributed by atoms with Crippen LogP contribution in [-0.2, 0) is 6.42 Å². The molecule has 128 valence electrons. The highest BCUT2D eigenvalue weighted by atomic mass is 32.1. The van der Waals surface area contributed by atoms with Gasteiger partial charge in [0.2, 0.25) is 5.13 Å². The predicted molar refractivity (Wildman–Crippen MR) is 94.1 cm³/mol. The second-order valence-corrected chi connectivity index (χ2v) is 7.58. The van der Waals surface area contributed by atoms with Crippen molar-refractivity contribution < 1.29 is 9.90 Å². The highest BCUT2D eigenvalue weighted by molar-refractivity contribution is 7.15. The van der Waals surface area contributed by atoms with E-state index < -0.39 is 0 Å². The average molecular weight is 346 g/mol. The molecule has 0 radical (unpaired) electrons. The second kappa shape index (κ2) is 7.27. The molecule has 24 heavy (non-hydrogen) atoms. The normalized spacial score (nSPS) is 20.8. The zero-order chi connectivity index (χ0) is 17.0. The maximum Gasteiger partial charge on any atom is 0.323 e. The number of amides is 2. The minimum atomic E-state index is -0.284. The van der Waals surface area contributed by atoms with Crippen molar-refractivity contribution >= 4 is 22.5 Å². The number of aryl methyl sites for hydroxylation is 1. The van der Waals surface area contributed by atoms with Crippen molar-refractivity contribution in [2.75, 3.05) is 25.0 Å². The number of hydrogen-bond donors (Lipinski definition) is 2. The standard InChI is InChI=1S/C17H22N4O2S/c1-13-19-20-15(24-13)18-16(23)21-9-5-8-17(11-21,12-22)10-14-6-3-2-4-7-14/h2-4,6-7,22H,5,8-12H2,1H3,(H,18,20,23). The number of aliphatic hydroxyl groups excluding tert-OH is 1. The quantitative estimate of drug-likeness (QED) is 0.892. The summed E-state index contributed by atoms with van der Waals surface area (Å²) in [6, 6.07) is 9.97. The molecule has 1 aliphatic heterocycles. The monoisotopic (exact) mass is 346 g/mol. The van der Waals surface area contributed by atoms with Crippen molar-refractivity contribution in [2.24, 2.45) is 5.41 Å². The van der Waals surface area contributed by atoms with E-state index in [2.05, 4.69) is 27.6 Å². The Morgan fingerprint density at radius 3 is 2.83 bits per heavy atom. The van der Waals surface area contributed by atoms with Crippen molar-refractivity contribution in [3.05, 3.63) is 40.9 Å². The summed E-state index contributed by atoms with van der Waals surface area (Å²) >= 11 is 1.36. The van der Waals surface area contributed by atoms with Crippen LogP contribution < -0.4 is 5.32 Å². The van der Waals surface area contributed by atoms with Gasteiger partial charge in [0.1, 0.15) is 5.01 Å². The van der Waals surface area contributed by atoms with Gasteiger partial charge in [0.25, 0.3) is 0 Å². The van der Waals surface area contributed by atoms with Gasteiger partial charge in [-0.3, -0.25) is 5.32 Å². The minimum Gasteiger partial charge on any atom is -0.396 e. The van der Waals surface area contributed by atoms with Gasteiger partial charge in [-0.05, 0) is 31.7 Å². The van der Waals surface area contributed by atoms with Crippen molar-refractivity contribution in [2.45, 2.75) is 26.2 Å². The third kappa shape index (κ3) is 3.91. The number of likely N-dealkylation sites (tertiary alicyclic amines) is 1. The Kier molecular flexibility index (Phi) is 5.11. The Balaban J connectivity index is 1.68. The number of benzene rings is 1. The molecule has 1 aromatic carbocycles. The molecule has 2 amide bonds. The summed E-state index contributed by atoms with van der Waals surface area (Å²) in [6.07, 6.45) is 2.57. The Labute approximate surface area is 145 Å². The van der Waals surface area contributed by atoms with Crippen LogP contribution in [0.3, 0.4) is 0 Å². The summed E-state index contributed by atoms with van der Waals surface area (Å²) < 4.78 is 0. The fourth-order valence-corrected chi connectivity index (χ4v) is 3.84. The van der Waals surface area contributed by atoms with E-state index in [1.165, 1.54) is 16.9 Å². The molecule has 3 rings (SSSR count). The van der Waals surface area contributed by atoms with Gasteiger partial charge in [-0.15, -0.1) is 10.2 Å². The summed E-state index contributed by atoms with van der Waals surface area (Å²) in [5.74, 6) is 0. The first-order valence-electron chi connectivity index (χ1n) is 8.11. The third-order valence-electron chi connectivity index (χ3n) is 4.45. The molecular weight excluding hydrogens is 324 g/mol. The van der Waals surface area contributed by atoms with E-state index in [1.807, 2.05) is 25.1 Å². The lowest BCUT2D eigenvalue weighted by Gasteiger charge is -2.41. The molecule has 1 atom stereocenters. The lowest BCUT2D eigenvalue weighted by atomic mass is 9.76.